The third-order valence-corrected chi connectivity index (χ3v) is 5.87. The summed E-state index contributed by atoms with van der Waals surface area (Å²) >= 11 is 0. The molecule has 1 aliphatic heterocycles. The van der Waals surface area contributed by atoms with Crippen LogP contribution in [0.3, 0.4) is 0 Å². The van der Waals surface area contributed by atoms with E-state index < -0.39 is 6.04 Å². The Kier molecular flexibility index (Phi) is 7.86. The first-order chi connectivity index (χ1) is 17.1. The second kappa shape index (κ2) is 11.4. The summed E-state index contributed by atoms with van der Waals surface area (Å²) in [4.78, 5) is 33.5. The number of aliphatic hydroxyl groups excluding tert-OH is 1. The molecule has 4 N–H and O–H groups in total. The maximum Gasteiger partial charge on any atom is 0.290 e. The summed E-state index contributed by atoms with van der Waals surface area (Å²) in [6, 6.07) is 14.8. The number of benzene rings is 1. The summed E-state index contributed by atoms with van der Waals surface area (Å²) in [5.41, 5.74) is 2.92. The molecule has 4 aromatic rings. The molecule has 10 heteroatoms. The van der Waals surface area contributed by atoms with Gasteiger partial charge in [-0.05, 0) is 42.5 Å². The van der Waals surface area contributed by atoms with Crippen LogP contribution in [0.15, 0.2) is 65.7 Å². The minimum absolute atomic E-state index is 0.196. The van der Waals surface area contributed by atoms with Crippen molar-refractivity contribution in [1.82, 2.24) is 19.5 Å². The number of nitrogens with one attached hydrogen (secondary N) is 2. The van der Waals surface area contributed by atoms with Gasteiger partial charge in [0.1, 0.15) is 0 Å². The van der Waals surface area contributed by atoms with Gasteiger partial charge in [0.05, 0.1) is 18.3 Å². The predicted molar refractivity (Wildman–Crippen MR) is 131 cm³/mol. The molecule has 1 aromatic carbocycles. The number of para-hydroxylation sites is 1. The molecule has 0 radical (unpaired) electrons. The lowest BCUT2D eigenvalue weighted by molar-refractivity contribution is -0.122. The van der Waals surface area contributed by atoms with Crippen LogP contribution in [-0.4, -0.2) is 62.1 Å². The summed E-state index contributed by atoms with van der Waals surface area (Å²) < 4.78 is 6.93. The Hall–Kier alpha value is -4.02. The van der Waals surface area contributed by atoms with Gasteiger partial charge in [-0.3, -0.25) is 9.59 Å². The van der Waals surface area contributed by atoms with Gasteiger partial charge in [0.15, 0.2) is 0 Å². The number of carbonyl (C=O) groups is 1. The Morgan fingerprint density at radius 1 is 1.20 bits per heavy atom. The summed E-state index contributed by atoms with van der Waals surface area (Å²) in [6.07, 6.45) is 5.23. The van der Waals surface area contributed by atoms with Crippen molar-refractivity contribution in [2.45, 2.75) is 24.9 Å². The van der Waals surface area contributed by atoms with E-state index in [1.54, 1.807) is 24.5 Å². The highest BCUT2D eigenvalue weighted by Crippen LogP contribution is 2.23. The largest absolute Gasteiger partial charge is 0.483 e. The van der Waals surface area contributed by atoms with Crippen LogP contribution in [0, 0.1) is 0 Å². The monoisotopic (exact) mass is 477 g/mol. The lowest BCUT2D eigenvalue weighted by Gasteiger charge is -2.23. The molecule has 1 aliphatic rings. The number of aliphatic hydroxyl groups is 1. The van der Waals surface area contributed by atoms with Gasteiger partial charge >= 0.3 is 0 Å². The lowest BCUT2D eigenvalue weighted by atomic mass is 10.1. The normalized spacial score (nSPS) is 14.7. The second-order valence-electron chi connectivity index (χ2n) is 8.07. The van der Waals surface area contributed by atoms with E-state index in [1.807, 2.05) is 36.4 Å². The zero-order valence-corrected chi connectivity index (χ0v) is 19.0. The highest BCUT2D eigenvalue weighted by Gasteiger charge is 2.18. The fourth-order valence-electron chi connectivity index (χ4n) is 4.13. The zero-order chi connectivity index (χ0) is 24.6. The molecule has 5 rings (SSSR count). The van der Waals surface area contributed by atoms with E-state index in [4.69, 9.17) is 14.6 Å². The number of hydrogen-bond acceptors (Lipinski definition) is 7. The van der Waals surface area contributed by atoms with Crippen LogP contribution in [0.2, 0.25) is 0 Å². The number of aromatic amines is 1. The van der Waals surface area contributed by atoms with E-state index in [0.717, 1.165) is 42.7 Å². The van der Waals surface area contributed by atoms with Gasteiger partial charge in [0, 0.05) is 54.5 Å². The molecule has 35 heavy (non-hydrogen) atoms. The summed E-state index contributed by atoms with van der Waals surface area (Å²) in [5, 5.41) is 21.3. The van der Waals surface area contributed by atoms with E-state index in [1.165, 1.54) is 4.57 Å². The van der Waals surface area contributed by atoms with Gasteiger partial charge in [0.25, 0.3) is 12.0 Å². The van der Waals surface area contributed by atoms with Crippen LogP contribution in [0.5, 0.6) is 0 Å². The maximum atomic E-state index is 13.0. The van der Waals surface area contributed by atoms with Crippen molar-refractivity contribution in [2.75, 3.05) is 25.1 Å². The number of fused-ring (bicyclic) bond motifs is 1. The topological polar surface area (TPSA) is 142 Å². The molecule has 4 heterocycles. The molecule has 1 unspecified atom stereocenters. The average molecular weight is 478 g/mol. The van der Waals surface area contributed by atoms with Gasteiger partial charge in [-0.15, -0.1) is 0 Å². The number of carboxylic acid groups (broad SMARTS) is 1. The van der Waals surface area contributed by atoms with Crippen molar-refractivity contribution in [3.63, 3.8) is 0 Å². The highest BCUT2D eigenvalue weighted by molar-refractivity contribution is 5.80. The third kappa shape index (κ3) is 5.73. The van der Waals surface area contributed by atoms with Gasteiger partial charge < -0.3 is 29.8 Å². The molecular formula is C25H27N5O5. The molecule has 1 fully saturated rings. The second-order valence-corrected chi connectivity index (χ2v) is 8.07. The fourth-order valence-corrected chi connectivity index (χ4v) is 4.13. The Labute approximate surface area is 201 Å². The average Bonchev–Trinajstić information content (AvgIpc) is 3.31. The van der Waals surface area contributed by atoms with Crippen molar-refractivity contribution in [3.05, 3.63) is 77.0 Å². The fraction of sp³-hybridized carbons (Fsp3) is 0.280. The van der Waals surface area contributed by atoms with Crippen LogP contribution in [-0.2, 0) is 9.53 Å². The minimum Gasteiger partial charge on any atom is -0.483 e. The Bertz CT molecular complexity index is 1300. The number of nitrogens with zero attached hydrogens (tertiary/aromatic N) is 3. The van der Waals surface area contributed by atoms with Gasteiger partial charge in [-0.2, -0.15) is 0 Å². The molecule has 1 atom stereocenters. The van der Waals surface area contributed by atoms with Crippen molar-refractivity contribution in [1.29, 1.82) is 0 Å². The molecule has 3 aromatic heterocycles. The molecule has 0 amide bonds. The summed E-state index contributed by atoms with van der Waals surface area (Å²) in [7, 11) is 0. The number of H-pyrrole nitrogens is 1. The molecule has 0 aliphatic carbocycles. The molecule has 0 spiro atoms. The first-order valence-electron chi connectivity index (χ1n) is 11.3. The maximum absolute atomic E-state index is 13.0. The number of rotatable bonds is 6. The highest BCUT2D eigenvalue weighted by atomic mass is 16.5. The van der Waals surface area contributed by atoms with Crippen LogP contribution >= 0.6 is 0 Å². The number of ether oxygens (including phenoxy) is 1. The molecule has 0 bridgehead atoms. The van der Waals surface area contributed by atoms with Crippen molar-refractivity contribution in [2.24, 2.45) is 0 Å². The van der Waals surface area contributed by atoms with E-state index in [0.29, 0.717) is 17.2 Å². The number of hydrogen-bond donors (Lipinski definition) is 4. The Balaban J connectivity index is 0.000000917. The first-order valence-corrected chi connectivity index (χ1v) is 11.3. The Morgan fingerprint density at radius 3 is 2.69 bits per heavy atom. The van der Waals surface area contributed by atoms with Crippen molar-refractivity contribution >= 4 is 23.3 Å². The van der Waals surface area contributed by atoms with E-state index >= 15 is 0 Å². The number of pyridine rings is 1. The molecule has 10 nitrogen and oxygen atoms in total. The van der Waals surface area contributed by atoms with Crippen molar-refractivity contribution in [3.8, 4) is 11.3 Å². The standard InChI is InChI=1S/C24H25N5O3.CH2O2/c30-15-22(21-13-16-3-1-2-4-19(16)27-21)29-10-6-17(14-23(29)31)20-5-9-25-24(28-20)26-18-7-11-32-12-8-18;2-1-3/h1-6,9-10,13-14,18,22,27,30H,7-8,11-12,15H2,(H,25,26,28);1H,(H,2,3). The molecule has 0 saturated carbocycles. The zero-order valence-electron chi connectivity index (χ0n) is 19.0. The third-order valence-electron chi connectivity index (χ3n) is 5.87. The van der Waals surface area contributed by atoms with Crippen LogP contribution in [0.25, 0.3) is 22.2 Å². The van der Waals surface area contributed by atoms with Gasteiger partial charge in [0.2, 0.25) is 5.95 Å². The molecule has 182 valence electrons. The number of anilines is 1. The van der Waals surface area contributed by atoms with Gasteiger partial charge in [-0.25, -0.2) is 9.97 Å². The summed E-state index contributed by atoms with van der Waals surface area (Å²) in [6.45, 7) is 1.02. The van der Waals surface area contributed by atoms with E-state index in [-0.39, 0.29) is 24.7 Å². The molecular weight excluding hydrogens is 450 g/mol. The first kappa shape index (κ1) is 24.1. The van der Waals surface area contributed by atoms with Gasteiger partial charge in [-0.1, -0.05) is 18.2 Å². The minimum atomic E-state index is -0.500. The smallest absolute Gasteiger partial charge is 0.290 e. The Morgan fingerprint density at radius 2 is 1.97 bits per heavy atom. The van der Waals surface area contributed by atoms with E-state index in [2.05, 4.69) is 20.3 Å². The van der Waals surface area contributed by atoms with Crippen LogP contribution in [0.4, 0.5) is 5.95 Å². The number of aromatic nitrogens is 4. The van der Waals surface area contributed by atoms with Crippen LogP contribution < -0.4 is 10.9 Å². The van der Waals surface area contributed by atoms with E-state index in [9.17, 15) is 9.90 Å². The predicted octanol–water partition coefficient (Wildman–Crippen LogP) is 2.66. The lowest BCUT2D eigenvalue weighted by Crippen LogP contribution is -2.28. The van der Waals surface area contributed by atoms with Crippen LogP contribution in [0.1, 0.15) is 24.6 Å². The summed E-state index contributed by atoms with van der Waals surface area (Å²) in [5.74, 6) is 0.546. The van der Waals surface area contributed by atoms with Crippen molar-refractivity contribution < 1.29 is 19.7 Å². The molecule has 1 saturated heterocycles. The quantitative estimate of drug-likeness (QED) is 0.311. The SMILES string of the molecule is O=CO.O=c1cc(-c2ccnc(NC3CCOCC3)n2)ccn1C(CO)c1cc2ccccc2[nH]1.